The van der Waals surface area contributed by atoms with Gasteiger partial charge in [-0.2, -0.15) is 0 Å². The van der Waals surface area contributed by atoms with Gasteiger partial charge in [-0.15, -0.1) is 0 Å². The van der Waals surface area contributed by atoms with Crippen molar-refractivity contribution in [3.8, 4) is 0 Å². The highest BCUT2D eigenvalue weighted by Gasteiger charge is 2.11. The smallest absolute Gasteiger partial charge is 0.238 e. The number of amides is 1. The SMILES string of the molecule is O=C(CNCCc1ccc(Cl)cc1)Nc1c(F)cccc1F. The van der Waals surface area contributed by atoms with Gasteiger partial charge in [0.2, 0.25) is 5.91 Å². The molecular weight excluding hydrogens is 310 g/mol. The van der Waals surface area contributed by atoms with Gasteiger partial charge >= 0.3 is 0 Å². The van der Waals surface area contributed by atoms with E-state index in [1.807, 2.05) is 12.1 Å². The summed E-state index contributed by atoms with van der Waals surface area (Å²) in [5.74, 6) is -2.09. The zero-order valence-corrected chi connectivity index (χ0v) is 12.5. The molecule has 2 N–H and O–H groups in total. The predicted molar refractivity (Wildman–Crippen MR) is 83.0 cm³/mol. The van der Waals surface area contributed by atoms with Crippen molar-refractivity contribution in [1.29, 1.82) is 0 Å². The van der Waals surface area contributed by atoms with Crippen LogP contribution in [-0.4, -0.2) is 19.0 Å². The van der Waals surface area contributed by atoms with Crippen molar-refractivity contribution < 1.29 is 13.6 Å². The number of rotatable bonds is 6. The van der Waals surface area contributed by atoms with Gasteiger partial charge in [-0.05, 0) is 42.8 Å². The lowest BCUT2D eigenvalue weighted by atomic mass is 10.1. The Labute approximate surface area is 132 Å². The molecule has 0 aliphatic carbocycles. The number of halogens is 3. The summed E-state index contributed by atoms with van der Waals surface area (Å²) >= 11 is 5.79. The van der Waals surface area contributed by atoms with Crippen molar-refractivity contribution in [3.05, 3.63) is 64.7 Å². The second-order valence-electron chi connectivity index (χ2n) is 4.70. The molecule has 2 aromatic carbocycles. The first kappa shape index (κ1) is 16.4. The van der Waals surface area contributed by atoms with Crippen molar-refractivity contribution in [2.45, 2.75) is 6.42 Å². The van der Waals surface area contributed by atoms with Crippen molar-refractivity contribution in [2.75, 3.05) is 18.4 Å². The summed E-state index contributed by atoms with van der Waals surface area (Å²) in [4.78, 5) is 11.6. The van der Waals surface area contributed by atoms with Gasteiger partial charge in [0, 0.05) is 5.02 Å². The number of hydrogen-bond acceptors (Lipinski definition) is 2. The van der Waals surface area contributed by atoms with Gasteiger partial charge in [-0.1, -0.05) is 29.8 Å². The Morgan fingerprint density at radius 2 is 1.68 bits per heavy atom. The minimum absolute atomic E-state index is 0.0264. The molecule has 0 heterocycles. The van der Waals surface area contributed by atoms with Crippen LogP contribution in [0.5, 0.6) is 0 Å². The molecule has 6 heteroatoms. The van der Waals surface area contributed by atoms with Gasteiger partial charge in [0.25, 0.3) is 0 Å². The van der Waals surface area contributed by atoms with Gasteiger partial charge in [0.05, 0.1) is 6.54 Å². The zero-order valence-electron chi connectivity index (χ0n) is 11.7. The number of nitrogens with one attached hydrogen (secondary N) is 2. The molecule has 0 aliphatic heterocycles. The summed E-state index contributed by atoms with van der Waals surface area (Å²) in [6.45, 7) is 0.538. The fraction of sp³-hybridized carbons (Fsp3) is 0.188. The molecule has 0 radical (unpaired) electrons. The first-order valence-electron chi connectivity index (χ1n) is 6.75. The maximum Gasteiger partial charge on any atom is 0.238 e. The Bertz CT molecular complexity index is 627. The Kier molecular flexibility index (Phi) is 5.86. The Morgan fingerprint density at radius 1 is 1.05 bits per heavy atom. The lowest BCUT2D eigenvalue weighted by Gasteiger charge is -2.08. The number of benzene rings is 2. The zero-order chi connectivity index (χ0) is 15.9. The molecule has 22 heavy (non-hydrogen) atoms. The van der Waals surface area contributed by atoms with Crippen molar-refractivity contribution >= 4 is 23.2 Å². The van der Waals surface area contributed by atoms with E-state index in [1.54, 1.807) is 12.1 Å². The summed E-state index contributed by atoms with van der Waals surface area (Å²) < 4.78 is 26.7. The molecule has 116 valence electrons. The molecule has 0 aliphatic rings. The Hall–Kier alpha value is -1.98. The molecule has 0 fully saturated rings. The van der Waals surface area contributed by atoms with E-state index in [-0.39, 0.29) is 6.54 Å². The van der Waals surface area contributed by atoms with Crippen LogP contribution in [0.15, 0.2) is 42.5 Å². The molecule has 0 saturated carbocycles. The first-order chi connectivity index (χ1) is 10.6. The van der Waals surface area contributed by atoms with E-state index in [1.165, 1.54) is 6.07 Å². The molecule has 1 amide bonds. The maximum atomic E-state index is 13.4. The van der Waals surface area contributed by atoms with Crippen molar-refractivity contribution in [2.24, 2.45) is 0 Å². The van der Waals surface area contributed by atoms with E-state index in [2.05, 4.69) is 10.6 Å². The van der Waals surface area contributed by atoms with Crippen LogP contribution in [-0.2, 0) is 11.2 Å². The highest BCUT2D eigenvalue weighted by Crippen LogP contribution is 2.17. The lowest BCUT2D eigenvalue weighted by molar-refractivity contribution is -0.115. The van der Waals surface area contributed by atoms with Crippen LogP contribution in [0.3, 0.4) is 0 Å². The van der Waals surface area contributed by atoms with Gasteiger partial charge in [0.1, 0.15) is 17.3 Å². The molecule has 3 nitrogen and oxygen atoms in total. The minimum Gasteiger partial charge on any atom is -0.320 e. The summed E-state index contributed by atoms with van der Waals surface area (Å²) in [6.07, 6.45) is 0.721. The average molecular weight is 325 g/mol. The number of hydrogen-bond donors (Lipinski definition) is 2. The number of para-hydroxylation sites is 1. The molecule has 2 aromatic rings. The third kappa shape index (κ3) is 4.79. The number of carbonyl (C=O) groups excluding carboxylic acids is 1. The summed E-state index contributed by atoms with van der Waals surface area (Å²) in [7, 11) is 0. The van der Waals surface area contributed by atoms with Crippen LogP contribution < -0.4 is 10.6 Å². The fourth-order valence-corrected chi connectivity index (χ4v) is 2.01. The molecule has 0 spiro atoms. The van der Waals surface area contributed by atoms with E-state index in [0.717, 1.165) is 24.1 Å². The largest absolute Gasteiger partial charge is 0.320 e. The van der Waals surface area contributed by atoms with E-state index in [9.17, 15) is 13.6 Å². The van der Waals surface area contributed by atoms with Crippen molar-refractivity contribution in [1.82, 2.24) is 5.32 Å². The third-order valence-corrected chi connectivity index (χ3v) is 3.27. The van der Waals surface area contributed by atoms with Gasteiger partial charge in [0.15, 0.2) is 0 Å². The van der Waals surface area contributed by atoms with Crippen LogP contribution in [0.2, 0.25) is 5.02 Å². The van der Waals surface area contributed by atoms with Gasteiger partial charge < -0.3 is 10.6 Å². The monoisotopic (exact) mass is 324 g/mol. The average Bonchev–Trinajstić information content (AvgIpc) is 2.49. The normalized spacial score (nSPS) is 10.5. The summed E-state index contributed by atoms with van der Waals surface area (Å²) in [5.41, 5.74) is 0.657. The van der Waals surface area contributed by atoms with Crippen LogP contribution in [0.1, 0.15) is 5.56 Å². The topological polar surface area (TPSA) is 41.1 Å². The van der Waals surface area contributed by atoms with E-state index in [0.29, 0.717) is 11.6 Å². The molecule has 0 saturated heterocycles. The highest BCUT2D eigenvalue weighted by molar-refractivity contribution is 6.30. The standard InChI is InChI=1S/C16H15ClF2N2O/c17-12-6-4-11(5-7-12)8-9-20-10-15(22)21-16-13(18)2-1-3-14(16)19/h1-7,20H,8-10H2,(H,21,22). The first-order valence-corrected chi connectivity index (χ1v) is 7.13. The second-order valence-corrected chi connectivity index (χ2v) is 5.13. The number of anilines is 1. The fourth-order valence-electron chi connectivity index (χ4n) is 1.89. The van der Waals surface area contributed by atoms with E-state index < -0.39 is 23.2 Å². The molecular formula is C16H15ClF2N2O. The van der Waals surface area contributed by atoms with Crippen LogP contribution in [0.4, 0.5) is 14.5 Å². The van der Waals surface area contributed by atoms with Gasteiger partial charge in [-0.25, -0.2) is 8.78 Å². The van der Waals surface area contributed by atoms with Crippen LogP contribution >= 0.6 is 11.6 Å². The molecule has 2 rings (SSSR count). The highest BCUT2D eigenvalue weighted by atomic mass is 35.5. The van der Waals surface area contributed by atoms with Gasteiger partial charge in [-0.3, -0.25) is 4.79 Å². The second kappa shape index (κ2) is 7.87. The van der Waals surface area contributed by atoms with Crippen LogP contribution in [0, 0.1) is 11.6 Å². The molecule has 0 bridgehead atoms. The predicted octanol–water partition coefficient (Wildman–Crippen LogP) is 3.39. The van der Waals surface area contributed by atoms with Crippen LogP contribution in [0.25, 0.3) is 0 Å². The molecule has 0 aromatic heterocycles. The minimum atomic E-state index is -0.797. The summed E-state index contributed by atoms with van der Waals surface area (Å²) in [5, 5.41) is 5.80. The van der Waals surface area contributed by atoms with E-state index in [4.69, 9.17) is 11.6 Å². The molecule has 0 atom stereocenters. The molecule has 0 unspecified atom stereocenters. The maximum absolute atomic E-state index is 13.4. The Morgan fingerprint density at radius 3 is 2.32 bits per heavy atom. The van der Waals surface area contributed by atoms with E-state index >= 15 is 0 Å². The number of carbonyl (C=O) groups is 1. The Balaban J connectivity index is 1.75. The van der Waals surface area contributed by atoms with Crippen molar-refractivity contribution in [3.63, 3.8) is 0 Å². The lowest BCUT2D eigenvalue weighted by Crippen LogP contribution is -2.30. The quantitative estimate of drug-likeness (QED) is 0.800. The third-order valence-electron chi connectivity index (χ3n) is 3.02. The summed E-state index contributed by atoms with van der Waals surface area (Å²) in [6, 6.07) is 10.8.